The van der Waals surface area contributed by atoms with Crippen molar-refractivity contribution in [3.05, 3.63) is 23.8 Å². The molecule has 0 atom stereocenters. The largest absolute Gasteiger partial charge is 0.490 e. The van der Waals surface area contributed by atoms with E-state index in [4.69, 9.17) is 14.6 Å². The molecule has 1 fully saturated rings. The van der Waals surface area contributed by atoms with E-state index in [0.717, 1.165) is 6.42 Å². The van der Waals surface area contributed by atoms with Gasteiger partial charge in [0.15, 0.2) is 0 Å². The minimum Gasteiger partial charge on any atom is -0.478 e. The molecule has 4 N–H and O–H groups in total. The standard InChI is InChI=1S/C19H30N4O6S.C2HF3O2/c1-3-30(27,28)21-16-13-15(19(25)26)5-6-17(16)23-10-8-22(9-11-23)14-18(24)20-7-4-12-29-2;3-2(4,5)1(6)7/h5-6,13,21H,3-4,7-12,14H2,1-2H3,(H,20,24)(H,25,26);(H,6,7). The number of anilines is 2. The van der Waals surface area contributed by atoms with E-state index in [1.165, 1.54) is 19.1 Å². The number of benzene rings is 1. The molecule has 1 aliphatic heterocycles. The molecule has 1 amide bonds. The van der Waals surface area contributed by atoms with Crippen LogP contribution in [0, 0.1) is 0 Å². The van der Waals surface area contributed by atoms with Crippen LogP contribution in [0.15, 0.2) is 18.2 Å². The lowest BCUT2D eigenvalue weighted by molar-refractivity contribution is -0.192. The number of aromatic carboxylic acids is 1. The van der Waals surface area contributed by atoms with Crippen LogP contribution in [0.2, 0.25) is 0 Å². The fourth-order valence-electron chi connectivity index (χ4n) is 3.12. The van der Waals surface area contributed by atoms with E-state index >= 15 is 0 Å². The summed E-state index contributed by atoms with van der Waals surface area (Å²) in [5.74, 6) is -4.04. The Balaban J connectivity index is 0.000000856. The monoisotopic (exact) mass is 556 g/mol. The number of halogens is 3. The summed E-state index contributed by atoms with van der Waals surface area (Å²) < 4.78 is 63.3. The topological polar surface area (TPSA) is 166 Å². The molecule has 0 unspecified atom stereocenters. The molecule has 2 rings (SSSR count). The maximum Gasteiger partial charge on any atom is 0.490 e. The third-order valence-corrected chi connectivity index (χ3v) is 6.35. The summed E-state index contributed by atoms with van der Waals surface area (Å²) >= 11 is 0. The SMILES string of the molecule is CCS(=O)(=O)Nc1cc(C(=O)O)ccc1N1CCN(CC(=O)NCCCOC)CC1.O=C(O)C(F)(F)F. The van der Waals surface area contributed by atoms with Crippen molar-refractivity contribution >= 4 is 39.2 Å². The molecule has 37 heavy (non-hydrogen) atoms. The molecule has 0 spiro atoms. The van der Waals surface area contributed by atoms with E-state index in [1.807, 2.05) is 9.80 Å². The van der Waals surface area contributed by atoms with Gasteiger partial charge in [-0.2, -0.15) is 13.2 Å². The van der Waals surface area contributed by atoms with Crippen LogP contribution in [0.4, 0.5) is 24.5 Å². The number of nitrogens with one attached hydrogen (secondary N) is 2. The van der Waals surface area contributed by atoms with Crippen LogP contribution in [0.1, 0.15) is 23.7 Å². The molecule has 0 saturated carbocycles. The predicted octanol–water partition coefficient (Wildman–Crippen LogP) is 1.05. The predicted molar refractivity (Wildman–Crippen MR) is 128 cm³/mol. The first-order chi connectivity index (χ1) is 17.2. The first-order valence-electron chi connectivity index (χ1n) is 11.1. The summed E-state index contributed by atoms with van der Waals surface area (Å²) in [5.41, 5.74) is 0.887. The smallest absolute Gasteiger partial charge is 0.478 e. The van der Waals surface area contributed by atoms with Gasteiger partial charge in [-0.1, -0.05) is 0 Å². The van der Waals surface area contributed by atoms with Crippen LogP contribution in [0.25, 0.3) is 0 Å². The number of sulfonamides is 1. The highest BCUT2D eigenvalue weighted by molar-refractivity contribution is 7.92. The van der Waals surface area contributed by atoms with Crippen LogP contribution in [0.5, 0.6) is 0 Å². The molecule has 0 aliphatic carbocycles. The van der Waals surface area contributed by atoms with Crippen molar-refractivity contribution < 1.29 is 50.9 Å². The fraction of sp³-hybridized carbons (Fsp3) is 0.571. The Morgan fingerprint density at radius 3 is 2.19 bits per heavy atom. The van der Waals surface area contributed by atoms with Gasteiger partial charge in [0.1, 0.15) is 0 Å². The molecular weight excluding hydrogens is 525 g/mol. The number of carbonyl (C=O) groups excluding carboxylic acids is 1. The Morgan fingerprint density at radius 2 is 1.70 bits per heavy atom. The van der Waals surface area contributed by atoms with Crippen molar-refractivity contribution in [2.45, 2.75) is 19.5 Å². The Morgan fingerprint density at radius 1 is 1.11 bits per heavy atom. The molecule has 1 aliphatic rings. The van der Waals surface area contributed by atoms with Crippen molar-refractivity contribution in [3.8, 4) is 0 Å². The zero-order valence-electron chi connectivity index (χ0n) is 20.4. The lowest BCUT2D eigenvalue weighted by atomic mass is 10.1. The minimum absolute atomic E-state index is 0.0105. The number of hydrogen-bond acceptors (Lipinski definition) is 8. The third-order valence-electron chi connectivity index (χ3n) is 5.06. The Hall–Kier alpha value is -3.11. The molecule has 1 saturated heterocycles. The van der Waals surface area contributed by atoms with Gasteiger partial charge in [0.25, 0.3) is 0 Å². The average Bonchev–Trinajstić information content (AvgIpc) is 2.82. The quantitative estimate of drug-likeness (QED) is 0.290. The second-order valence-corrected chi connectivity index (χ2v) is 9.82. The number of ether oxygens (including phenoxy) is 1. The molecule has 1 aromatic rings. The summed E-state index contributed by atoms with van der Waals surface area (Å²) in [5, 5.41) is 19.2. The van der Waals surface area contributed by atoms with E-state index in [1.54, 1.807) is 13.2 Å². The van der Waals surface area contributed by atoms with Crippen LogP contribution < -0.4 is 14.9 Å². The third kappa shape index (κ3) is 11.7. The van der Waals surface area contributed by atoms with Gasteiger partial charge < -0.3 is 25.2 Å². The number of carboxylic acid groups (broad SMARTS) is 2. The number of methoxy groups -OCH3 is 1. The summed E-state index contributed by atoms with van der Waals surface area (Å²) in [6, 6.07) is 4.42. The van der Waals surface area contributed by atoms with Gasteiger partial charge in [-0.05, 0) is 31.5 Å². The number of nitrogens with zero attached hydrogens (tertiary/aromatic N) is 2. The number of rotatable bonds is 11. The molecule has 1 aromatic carbocycles. The Kier molecular flexibility index (Phi) is 12.6. The number of hydrogen-bond donors (Lipinski definition) is 4. The zero-order chi connectivity index (χ0) is 28.2. The minimum atomic E-state index is -5.08. The van der Waals surface area contributed by atoms with E-state index in [-0.39, 0.29) is 22.9 Å². The van der Waals surface area contributed by atoms with E-state index in [2.05, 4.69) is 10.0 Å². The molecule has 16 heteroatoms. The zero-order valence-corrected chi connectivity index (χ0v) is 21.2. The lowest BCUT2D eigenvalue weighted by Gasteiger charge is -2.36. The number of aliphatic carboxylic acids is 1. The highest BCUT2D eigenvalue weighted by Gasteiger charge is 2.38. The summed E-state index contributed by atoms with van der Waals surface area (Å²) in [6.45, 7) is 5.43. The van der Waals surface area contributed by atoms with Crippen molar-refractivity contribution in [1.82, 2.24) is 10.2 Å². The summed E-state index contributed by atoms with van der Waals surface area (Å²) in [4.78, 5) is 36.2. The fourth-order valence-corrected chi connectivity index (χ4v) is 3.76. The molecule has 12 nitrogen and oxygen atoms in total. The van der Waals surface area contributed by atoms with Gasteiger partial charge in [-0.25, -0.2) is 18.0 Å². The number of carboxylic acids is 2. The number of carbonyl (C=O) groups is 3. The molecule has 0 aromatic heterocycles. The van der Waals surface area contributed by atoms with E-state index in [0.29, 0.717) is 51.6 Å². The molecule has 0 bridgehead atoms. The van der Waals surface area contributed by atoms with E-state index < -0.39 is 28.1 Å². The maximum atomic E-state index is 12.0. The Bertz CT molecular complexity index is 1030. The summed E-state index contributed by atoms with van der Waals surface area (Å²) in [7, 11) is -1.94. The van der Waals surface area contributed by atoms with Crippen LogP contribution in [-0.4, -0.2) is 106 Å². The van der Waals surface area contributed by atoms with Gasteiger partial charge >= 0.3 is 18.1 Å². The highest BCUT2D eigenvalue weighted by atomic mass is 32.2. The van der Waals surface area contributed by atoms with Gasteiger partial charge in [-0.15, -0.1) is 0 Å². The maximum absolute atomic E-state index is 12.0. The van der Waals surface area contributed by atoms with Gasteiger partial charge in [0.05, 0.1) is 29.2 Å². The van der Waals surface area contributed by atoms with Crippen LogP contribution in [0.3, 0.4) is 0 Å². The lowest BCUT2D eigenvalue weighted by Crippen LogP contribution is -2.49. The second-order valence-electron chi connectivity index (χ2n) is 7.80. The van der Waals surface area contributed by atoms with Crippen LogP contribution in [-0.2, 0) is 24.3 Å². The summed E-state index contributed by atoms with van der Waals surface area (Å²) in [6.07, 6.45) is -4.32. The number of alkyl halides is 3. The van der Waals surface area contributed by atoms with Crippen molar-refractivity contribution in [1.29, 1.82) is 0 Å². The Labute approximate surface area is 212 Å². The number of piperazine rings is 1. The van der Waals surface area contributed by atoms with Gasteiger partial charge in [-0.3, -0.25) is 14.4 Å². The van der Waals surface area contributed by atoms with Gasteiger partial charge in [0.2, 0.25) is 15.9 Å². The highest BCUT2D eigenvalue weighted by Crippen LogP contribution is 2.29. The van der Waals surface area contributed by atoms with E-state index in [9.17, 15) is 36.3 Å². The molecule has 0 radical (unpaired) electrons. The number of amides is 1. The molecule has 1 heterocycles. The first kappa shape index (κ1) is 31.9. The average molecular weight is 557 g/mol. The molecule has 210 valence electrons. The van der Waals surface area contributed by atoms with Gasteiger partial charge in [0, 0.05) is 46.4 Å². The van der Waals surface area contributed by atoms with Crippen LogP contribution >= 0.6 is 0 Å². The van der Waals surface area contributed by atoms with Crippen molar-refractivity contribution in [2.75, 3.05) is 68.4 Å². The van der Waals surface area contributed by atoms with Crippen molar-refractivity contribution in [3.63, 3.8) is 0 Å². The normalized spacial score (nSPS) is 14.4. The van der Waals surface area contributed by atoms with Crippen molar-refractivity contribution in [2.24, 2.45) is 0 Å². The first-order valence-corrected chi connectivity index (χ1v) is 12.8. The second kappa shape index (κ2) is 14.6. The molecular formula is C21H31F3N4O8S.